The summed E-state index contributed by atoms with van der Waals surface area (Å²) in [5.41, 5.74) is 0.0470. The van der Waals surface area contributed by atoms with Crippen LogP contribution in [0.1, 0.15) is 44.9 Å². The molecule has 1 saturated carbocycles. The van der Waals surface area contributed by atoms with Gasteiger partial charge in [0.05, 0.1) is 4.34 Å². The highest BCUT2D eigenvalue weighted by atomic mass is 35.5. The van der Waals surface area contributed by atoms with Gasteiger partial charge in [-0.05, 0) is 42.7 Å². The van der Waals surface area contributed by atoms with Crippen molar-refractivity contribution in [3.05, 3.63) is 21.3 Å². The molecule has 0 aromatic carbocycles. The maximum atomic E-state index is 12.2. The first-order valence-corrected chi connectivity index (χ1v) is 7.85. The molecular weight excluding hydrogens is 264 g/mol. The number of halogens is 1. The molecule has 1 aliphatic carbocycles. The maximum absolute atomic E-state index is 12.2. The van der Waals surface area contributed by atoms with E-state index < -0.39 is 0 Å². The van der Waals surface area contributed by atoms with E-state index in [0.717, 1.165) is 23.6 Å². The summed E-state index contributed by atoms with van der Waals surface area (Å²) in [6.07, 6.45) is 3.95. The molecular formula is C15H21ClOS. The SMILES string of the molecule is CC1CCC(C(C)(C)Cc2ccc(Cl)s2)C(=O)C1. The first kappa shape index (κ1) is 14.1. The molecule has 1 nitrogen and oxygen atoms in total. The van der Waals surface area contributed by atoms with E-state index in [1.807, 2.05) is 6.07 Å². The second-order valence-corrected chi connectivity index (χ2v) is 8.08. The van der Waals surface area contributed by atoms with Gasteiger partial charge in [-0.25, -0.2) is 0 Å². The van der Waals surface area contributed by atoms with Crippen LogP contribution >= 0.6 is 22.9 Å². The van der Waals surface area contributed by atoms with E-state index in [-0.39, 0.29) is 11.3 Å². The highest BCUT2D eigenvalue weighted by Crippen LogP contribution is 2.41. The summed E-state index contributed by atoms with van der Waals surface area (Å²) in [7, 11) is 0. The van der Waals surface area contributed by atoms with Crippen molar-refractivity contribution in [1.82, 2.24) is 0 Å². The zero-order chi connectivity index (χ0) is 13.3. The van der Waals surface area contributed by atoms with Crippen LogP contribution in [0.25, 0.3) is 0 Å². The van der Waals surface area contributed by atoms with Crippen LogP contribution in [-0.2, 0) is 11.2 Å². The largest absolute Gasteiger partial charge is 0.299 e. The van der Waals surface area contributed by atoms with Crippen LogP contribution in [0.15, 0.2) is 12.1 Å². The van der Waals surface area contributed by atoms with E-state index in [9.17, 15) is 4.79 Å². The quantitative estimate of drug-likeness (QED) is 0.765. The Morgan fingerprint density at radius 3 is 2.67 bits per heavy atom. The van der Waals surface area contributed by atoms with Crippen molar-refractivity contribution in [2.24, 2.45) is 17.3 Å². The lowest BCUT2D eigenvalue weighted by Gasteiger charge is -2.37. The van der Waals surface area contributed by atoms with Crippen LogP contribution in [0.4, 0.5) is 0 Å². The van der Waals surface area contributed by atoms with Gasteiger partial charge < -0.3 is 0 Å². The molecule has 0 bridgehead atoms. The van der Waals surface area contributed by atoms with E-state index in [2.05, 4.69) is 26.8 Å². The van der Waals surface area contributed by atoms with Crippen LogP contribution < -0.4 is 0 Å². The van der Waals surface area contributed by atoms with Crippen molar-refractivity contribution in [3.63, 3.8) is 0 Å². The van der Waals surface area contributed by atoms with Gasteiger partial charge in [-0.3, -0.25) is 4.79 Å². The zero-order valence-electron chi connectivity index (χ0n) is 11.3. The molecule has 0 saturated heterocycles. The maximum Gasteiger partial charge on any atom is 0.136 e. The molecule has 1 aromatic heterocycles. The Balaban J connectivity index is 2.08. The highest BCUT2D eigenvalue weighted by molar-refractivity contribution is 7.16. The topological polar surface area (TPSA) is 17.1 Å². The van der Waals surface area contributed by atoms with E-state index in [1.165, 1.54) is 11.3 Å². The molecule has 2 unspecified atom stereocenters. The molecule has 0 spiro atoms. The summed E-state index contributed by atoms with van der Waals surface area (Å²) in [5, 5.41) is 0. The molecule has 1 aromatic rings. The molecule has 1 heterocycles. The molecule has 1 fully saturated rings. The van der Waals surface area contributed by atoms with Gasteiger partial charge in [-0.15, -0.1) is 11.3 Å². The van der Waals surface area contributed by atoms with Crippen molar-refractivity contribution in [3.8, 4) is 0 Å². The number of rotatable bonds is 3. The van der Waals surface area contributed by atoms with Gasteiger partial charge in [-0.1, -0.05) is 32.4 Å². The molecule has 0 N–H and O–H groups in total. The molecule has 2 rings (SSSR count). The van der Waals surface area contributed by atoms with Crippen LogP contribution in [-0.4, -0.2) is 5.78 Å². The molecule has 1 aliphatic rings. The van der Waals surface area contributed by atoms with Crippen molar-refractivity contribution in [1.29, 1.82) is 0 Å². The molecule has 0 amide bonds. The summed E-state index contributed by atoms with van der Waals surface area (Å²) < 4.78 is 0.837. The van der Waals surface area contributed by atoms with Crippen molar-refractivity contribution < 1.29 is 4.79 Å². The number of Topliss-reactive ketones (excluding diaryl/α,β-unsaturated/α-hetero) is 1. The van der Waals surface area contributed by atoms with Crippen LogP contribution in [0.3, 0.4) is 0 Å². The Morgan fingerprint density at radius 1 is 1.39 bits per heavy atom. The number of thiophene rings is 1. The Bertz CT molecular complexity index is 435. The molecule has 3 heteroatoms. The smallest absolute Gasteiger partial charge is 0.136 e. The third kappa shape index (κ3) is 3.16. The van der Waals surface area contributed by atoms with Crippen LogP contribution in [0.2, 0.25) is 4.34 Å². The fourth-order valence-electron chi connectivity index (χ4n) is 3.05. The van der Waals surface area contributed by atoms with Gasteiger partial charge in [0.1, 0.15) is 5.78 Å². The minimum Gasteiger partial charge on any atom is -0.299 e. The molecule has 18 heavy (non-hydrogen) atoms. The monoisotopic (exact) mass is 284 g/mol. The Kier molecular flexibility index (Phi) is 4.18. The van der Waals surface area contributed by atoms with Crippen molar-refractivity contribution >= 4 is 28.7 Å². The zero-order valence-corrected chi connectivity index (χ0v) is 12.9. The first-order chi connectivity index (χ1) is 8.38. The minimum absolute atomic E-state index is 0.0470. The molecule has 0 radical (unpaired) electrons. The fourth-order valence-corrected chi connectivity index (χ4v) is 4.37. The van der Waals surface area contributed by atoms with E-state index in [1.54, 1.807) is 11.3 Å². The Morgan fingerprint density at radius 2 is 2.11 bits per heavy atom. The number of ketones is 1. The summed E-state index contributed by atoms with van der Waals surface area (Å²) >= 11 is 7.61. The van der Waals surface area contributed by atoms with Gasteiger partial charge in [0.15, 0.2) is 0 Å². The van der Waals surface area contributed by atoms with Gasteiger partial charge in [0.25, 0.3) is 0 Å². The van der Waals surface area contributed by atoms with E-state index in [4.69, 9.17) is 11.6 Å². The molecule has 0 aliphatic heterocycles. The molecule has 100 valence electrons. The minimum atomic E-state index is 0.0470. The van der Waals surface area contributed by atoms with E-state index in [0.29, 0.717) is 11.7 Å². The average molecular weight is 285 g/mol. The number of carbonyl (C=O) groups is 1. The summed E-state index contributed by atoms with van der Waals surface area (Å²) in [6.45, 7) is 6.62. The predicted octanol–water partition coefficient (Wildman–Crippen LogP) is 4.98. The number of carbonyl (C=O) groups excluding carboxylic acids is 1. The number of hydrogen-bond donors (Lipinski definition) is 0. The molecule has 2 atom stereocenters. The third-order valence-corrected chi connectivity index (χ3v) is 5.32. The van der Waals surface area contributed by atoms with Crippen LogP contribution in [0.5, 0.6) is 0 Å². The van der Waals surface area contributed by atoms with Crippen molar-refractivity contribution in [2.75, 3.05) is 0 Å². The average Bonchev–Trinajstić information content (AvgIpc) is 2.62. The first-order valence-electron chi connectivity index (χ1n) is 6.65. The normalized spacial score (nSPS) is 25.4. The fraction of sp³-hybridized carbons (Fsp3) is 0.667. The lowest BCUT2D eigenvalue weighted by molar-refractivity contribution is -0.129. The van der Waals surface area contributed by atoms with Gasteiger partial charge in [0.2, 0.25) is 0 Å². The lowest BCUT2D eigenvalue weighted by Crippen LogP contribution is -2.36. The standard InChI is InChI=1S/C15H21ClOS/c1-10-4-6-12(13(17)8-10)15(2,3)9-11-5-7-14(16)18-11/h5,7,10,12H,4,6,8-9H2,1-3H3. The second kappa shape index (κ2) is 5.34. The predicted molar refractivity (Wildman–Crippen MR) is 78.3 cm³/mol. The summed E-state index contributed by atoms with van der Waals surface area (Å²) in [5.74, 6) is 1.25. The number of hydrogen-bond acceptors (Lipinski definition) is 2. The Labute approximate surface area is 119 Å². The van der Waals surface area contributed by atoms with Gasteiger partial charge in [-0.2, -0.15) is 0 Å². The lowest BCUT2D eigenvalue weighted by atomic mass is 9.67. The summed E-state index contributed by atoms with van der Waals surface area (Å²) in [6, 6.07) is 4.03. The third-order valence-electron chi connectivity index (χ3n) is 4.09. The summed E-state index contributed by atoms with van der Waals surface area (Å²) in [4.78, 5) is 13.5. The van der Waals surface area contributed by atoms with Crippen LogP contribution in [0, 0.1) is 17.3 Å². The van der Waals surface area contributed by atoms with Gasteiger partial charge in [0, 0.05) is 17.2 Å². The Hall–Kier alpha value is -0.340. The van der Waals surface area contributed by atoms with Crippen molar-refractivity contribution in [2.45, 2.75) is 46.5 Å². The second-order valence-electron chi connectivity index (χ2n) is 6.28. The van der Waals surface area contributed by atoms with E-state index >= 15 is 0 Å². The van der Waals surface area contributed by atoms with Gasteiger partial charge >= 0.3 is 0 Å². The highest BCUT2D eigenvalue weighted by Gasteiger charge is 2.38.